The molecule has 0 aromatic carbocycles. The molecule has 4 heteroatoms. The summed E-state index contributed by atoms with van der Waals surface area (Å²) in [6.07, 6.45) is -0.225. The van der Waals surface area contributed by atoms with Crippen LogP contribution in [-0.2, 0) is 4.74 Å². The lowest BCUT2D eigenvalue weighted by atomic mass is 10.1. The lowest BCUT2D eigenvalue weighted by Crippen LogP contribution is -2.57. The fraction of sp³-hybridized carbons (Fsp3) is 0.875. The molecule has 1 fully saturated rings. The Morgan fingerprint density at radius 1 is 1.42 bits per heavy atom. The molecule has 0 saturated carbocycles. The molecule has 1 heterocycles. The second-order valence-corrected chi connectivity index (χ2v) is 3.23. The van der Waals surface area contributed by atoms with Crippen LogP contribution in [0.3, 0.4) is 0 Å². The normalized spacial score (nSPS) is 30.1. The van der Waals surface area contributed by atoms with Crippen LogP contribution >= 0.6 is 0 Å². The van der Waals surface area contributed by atoms with E-state index < -0.39 is 0 Å². The number of amides is 1. The molecule has 1 amide bonds. The van der Waals surface area contributed by atoms with E-state index in [1.807, 2.05) is 13.8 Å². The van der Waals surface area contributed by atoms with Crippen molar-refractivity contribution in [3.63, 3.8) is 0 Å². The lowest BCUT2D eigenvalue weighted by molar-refractivity contribution is 0.0758. The fourth-order valence-corrected chi connectivity index (χ4v) is 1.60. The number of nitrogens with zero attached hydrogens (tertiary/aromatic N) is 1. The van der Waals surface area contributed by atoms with Crippen LogP contribution in [0.4, 0.5) is 4.79 Å². The molecule has 2 atom stereocenters. The Morgan fingerprint density at radius 3 is 2.33 bits per heavy atom. The van der Waals surface area contributed by atoms with Crippen LogP contribution in [0.25, 0.3) is 0 Å². The first-order valence-electron chi connectivity index (χ1n) is 4.23. The molecule has 1 rings (SSSR count). The first-order valence-corrected chi connectivity index (χ1v) is 4.23. The number of hydrogen-bond donors (Lipinski definition) is 1. The van der Waals surface area contributed by atoms with Crippen molar-refractivity contribution < 1.29 is 9.53 Å². The summed E-state index contributed by atoms with van der Waals surface area (Å²) in [7, 11) is 1.42. The summed E-state index contributed by atoms with van der Waals surface area (Å²) >= 11 is 0. The zero-order valence-electron chi connectivity index (χ0n) is 7.83. The molecular weight excluding hydrogens is 156 g/mol. The molecule has 0 bridgehead atoms. The van der Waals surface area contributed by atoms with Gasteiger partial charge in [0.25, 0.3) is 0 Å². The molecule has 0 aromatic heterocycles. The summed E-state index contributed by atoms with van der Waals surface area (Å²) in [4.78, 5) is 13.0. The molecule has 0 spiro atoms. The van der Waals surface area contributed by atoms with Gasteiger partial charge < -0.3 is 15.0 Å². The predicted molar refractivity (Wildman–Crippen MR) is 46.0 cm³/mol. The van der Waals surface area contributed by atoms with Gasteiger partial charge in [0.05, 0.1) is 7.11 Å². The molecule has 0 unspecified atom stereocenters. The molecule has 4 nitrogen and oxygen atoms in total. The molecule has 0 radical (unpaired) electrons. The van der Waals surface area contributed by atoms with Gasteiger partial charge in [0.1, 0.15) is 0 Å². The fourth-order valence-electron chi connectivity index (χ4n) is 1.60. The van der Waals surface area contributed by atoms with Crippen LogP contribution in [-0.4, -0.2) is 43.3 Å². The van der Waals surface area contributed by atoms with E-state index in [9.17, 15) is 4.79 Å². The van der Waals surface area contributed by atoms with Crippen LogP contribution in [0.1, 0.15) is 13.8 Å². The van der Waals surface area contributed by atoms with E-state index in [-0.39, 0.29) is 18.2 Å². The van der Waals surface area contributed by atoms with Gasteiger partial charge in [0.2, 0.25) is 0 Å². The third kappa shape index (κ3) is 1.69. The summed E-state index contributed by atoms with van der Waals surface area (Å²) in [5.74, 6) is 0. The Hall–Kier alpha value is -0.770. The average Bonchev–Trinajstić information content (AvgIpc) is 2.03. The second-order valence-electron chi connectivity index (χ2n) is 3.23. The van der Waals surface area contributed by atoms with Crippen molar-refractivity contribution in [1.82, 2.24) is 10.2 Å². The minimum Gasteiger partial charge on any atom is -0.453 e. The van der Waals surface area contributed by atoms with Crippen molar-refractivity contribution in [2.45, 2.75) is 25.9 Å². The Kier molecular flexibility index (Phi) is 2.92. The highest BCUT2D eigenvalue weighted by Gasteiger charge is 2.29. The maximum absolute atomic E-state index is 11.3. The van der Waals surface area contributed by atoms with E-state index in [0.29, 0.717) is 0 Å². The Balaban J connectivity index is 2.62. The standard InChI is InChI=1S/C8H16N2O2/c1-6-4-9-5-7(2)10(6)8(11)12-3/h6-7,9H,4-5H2,1-3H3/t6-,7-/m0/s1. The van der Waals surface area contributed by atoms with Gasteiger partial charge in [0.15, 0.2) is 0 Å². The highest BCUT2D eigenvalue weighted by Crippen LogP contribution is 2.10. The summed E-state index contributed by atoms with van der Waals surface area (Å²) < 4.78 is 4.69. The maximum Gasteiger partial charge on any atom is 0.410 e. The minimum absolute atomic E-state index is 0.223. The van der Waals surface area contributed by atoms with E-state index in [1.165, 1.54) is 7.11 Å². The van der Waals surface area contributed by atoms with Gasteiger partial charge in [0, 0.05) is 25.2 Å². The van der Waals surface area contributed by atoms with Crippen LogP contribution in [0.15, 0.2) is 0 Å². The number of hydrogen-bond acceptors (Lipinski definition) is 3. The molecule has 0 aliphatic carbocycles. The van der Waals surface area contributed by atoms with Gasteiger partial charge in [-0.3, -0.25) is 0 Å². The van der Waals surface area contributed by atoms with E-state index in [4.69, 9.17) is 0 Å². The summed E-state index contributed by atoms with van der Waals surface area (Å²) in [5.41, 5.74) is 0. The lowest BCUT2D eigenvalue weighted by Gasteiger charge is -2.38. The smallest absolute Gasteiger partial charge is 0.410 e. The number of ether oxygens (including phenoxy) is 1. The van der Waals surface area contributed by atoms with Crippen molar-refractivity contribution in [3.8, 4) is 0 Å². The Morgan fingerprint density at radius 2 is 1.92 bits per heavy atom. The van der Waals surface area contributed by atoms with Gasteiger partial charge >= 0.3 is 6.09 Å². The van der Waals surface area contributed by atoms with E-state index in [0.717, 1.165) is 13.1 Å². The molecule has 1 aliphatic rings. The molecule has 0 aromatic rings. The van der Waals surface area contributed by atoms with Gasteiger partial charge in [-0.1, -0.05) is 0 Å². The Labute approximate surface area is 72.9 Å². The summed E-state index contributed by atoms with van der Waals surface area (Å²) in [5, 5.41) is 3.24. The maximum atomic E-state index is 11.3. The SMILES string of the molecule is COC(=O)N1[C@@H](C)CNC[C@@H]1C. The first-order chi connectivity index (χ1) is 5.66. The van der Waals surface area contributed by atoms with Crippen LogP contribution < -0.4 is 5.32 Å². The molecule has 1 aliphatic heterocycles. The van der Waals surface area contributed by atoms with Gasteiger partial charge in [-0.15, -0.1) is 0 Å². The predicted octanol–water partition coefficient (Wildman–Crippen LogP) is 0.435. The molecular formula is C8H16N2O2. The van der Waals surface area contributed by atoms with Crippen LogP contribution in [0, 0.1) is 0 Å². The minimum atomic E-state index is -0.225. The molecule has 1 N–H and O–H groups in total. The van der Waals surface area contributed by atoms with Crippen molar-refractivity contribution >= 4 is 6.09 Å². The zero-order chi connectivity index (χ0) is 9.14. The Bertz CT molecular complexity index is 162. The summed E-state index contributed by atoms with van der Waals surface area (Å²) in [6.45, 7) is 5.72. The number of carbonyl (C=O) groups is 1. The summed E-state index contributed by atoms with van der Waals surface area (Å²) in [6, 6.07) is 0.447. The molecule has 12 heavy (non-hydrogen) atoms. The van der Waals surface area contributed by atoms with Crippen LogP contribution in [0.2, 0.25) is 0 Å². The number of piperazine rings is 1. The van der Waals surface area contributed by atoms with Crippen molar-refractivity contribution in [1.29, 1.82) is 0 Å². The van der Waals surface area contributed by atoms with Crippen molar-refractivity contribution in [2.24, 2.45) is 0 Å². The zero-order valence-corrected chi connectivity index (χ0v) is 7.83. The van der Waals surface area contributed by atoms with E-state index in [1.54, 1.807) is 4.90 Å². The quantitative estimate of drug-likeness (QED) is 0.576. The first kappa shape index (κ1) is 9.32. The monoisotopic (exact) mass is 172 g/mol. The molecule has 1 saturated heterocycles. The third-order valence-electron chi connectivity index (χ3n) is 2.21. The topological polar surface area (TPSA) is 41.6 Å². The van der Waals surface area contributed by atoms with Gasteiger partial charge in [-0.25, -0.2) is 4.79 Å². The van der Waals surface area contributed by atoms with E-state index in [2.05, 4.69) is 10.1 Å². The van der Waals surface area contributed by atoms with Crippen LogP contribution in [0.5, 0.6) is 0 Å². The second kappa shape index (κ2) is 3.76. The van der Waals surface area contributed by atoms with Crippen molar-refractivity contribution in [2.75, 3.05) is 20.2 Å². The number of rotatable bonds is 0. The highest BCUT2D eigenvalue weighted by molar-refractivity contribution is 5.68. The third-order valence-corrected chi connectivity index (χ3v) is 2.21. The van der Waals surface area contributed by atoms with E-state index >= 15 is 0 Å². The largest absolute Gasteiger partial charge is 0.453 e. The van der Waals surface area contributed by atoms with Gasteiger partial charge in [-0.05, 0) is 13.8 Å². The number of carbonyl (C=O) groups excluding carboxylic acids is 1. The van der Waals surface area contributed by atoms with Crippen molar-refractivity contribution in [3.05, 3.63) is 0 Å². The number of nitrogens with one attached hydrogen (secondary N) is 1. The number of methoxy groups -OCH3 is 1. The molecule has 70 valence electrons. The van der Waals surface area contributed by atoms with Gasteiger partial charge in [-0.2, -0.15) is 0 Å². The average molecular weight is 172 g/mol. The highest BCUT2D eigenvalue weighted by atomic mass is 16.5.